The zero-order chi connectivity index (χ0) is 24.0. The maximum Gasteiger partial charge on any atom is 0.258 e. The summed E-state index contributed by atoms with van der Waals surface area (Å²) in [6.07, 6.45) is 0.0746. The summed E-state index contributed by atoms with van der Waals surface area (Å²) in [5.41, 5.74) is 1.45. The van der Waals surface area contributed by atoms with Crippen molar-refractivity contribution in [2.45, 2.75) is 74.5 Å². The Balaban J connectivity index is 1.33. The third-order valence-corrected chi connectivity index (χ3v) is 7.54. The number of fused-ring (bicyclic) bond motifs is 3. The second-order valence-electron chi connectivity index (χ2n) is 9.48. The fourth-order valence-corrected chi connectivity index (χ4v) is 5.42. The van der Waals surface area contributed by atoms with E-state index in [9.17, 15) is 23.5 Å². The monoisotopic (exact) mass is 486 g/mol. The van der Waals surface area contributed by atoms with E-state index >= 15 is 0 Å². The van der Waals surface area contributed by atoms with Gasteiger partial charge in [-0.3, -0.25) is 9.59 Å². The summed E-state index contributed by atoms with van der Waals surface area (Å²) in [5.74, 6) is -1.31. The number of aliphatic hydroxyl groups is 1. The lowest BCUT2D eigenvalue weighted by molar-refractivity contribution is -0.138. The van der Waals surface area contributed by atoms with Crippen LogP contribution in [0.25, 0.3) is 0 Å². The molecule has 2 bridgehead atoms. The number of carbonyl (C=O) groups excluding carboxylic acids is 2. The molecular formula is C22H29ClF2N4O4. The zero-order valence-corrected chi connectivity index (χ0v) is 19.3. The van der Waals surface area contributed by atoms with E-state index in [1.165, 1.54) is 17.1 Å². The van der Waals surface area contributed by atoms with Gasteiger partial charge >= 0.3 is 0 Å². The van der Waals surface area contributed by atoms with Gasteiger partial charge in [-0.2, -0.15) is 0 Å². The molecule has 1 aliphatic heterocycles. The summed E-state index contributed by atoms with van der Waals surface area (Å²) < 4.78 is 33.4. The minimum absolute atomic E-state index is 0.0406. The Morgan fingerprint density at radius 2 is 2.00 bits per heavy atom. The highest BCUT2D eigenvalue weighted by atomic mass is 35.5. The highest BCUT2D eigenvalue weighted by molar-refractivity contribution is 6.30. The summed E-state index contributed by atoms with van der Waals surface area (Å²) >= 11 is 5.64. The van der Waals surface area contributed by atoms with Crippen LogP contribution < -0.4 is 20.8 Å². The number of ether oxygens (including phenoxy) is 1. The molecule has 1 aromatic carbocycles. The van der Waals surface area contributed by atoms with Crippen molar-refractivity contribution < 1.29 is 28.2 Å². The molecule has 4 aliphatic rings. The van der Waals surface area contributed by atoms with Crippen LogP contribution in [0.2, 0.25) is 5.02 Å². The van der Waals surface area contributed by atoms with E-state index in [0.717, 1.165) is 6.07 Å². The standard InChI is InChI=1S/C22H29ClF2N4O4/c1-12-18(25)19(29(2)28-12)20(32)27-21-5-7-22(8-6-21,16(30)10-21)26-17(31)11-33-13-3-4-14(23)15(24)9-13/h3-4,9,12,16,18-19,28,30H,5-8,10-11H2,1-2H3,(H,26,31)(H,27,32). The van der Waals surface area contributed by atoms with Crippen LogP contribution in [0.15, 0.2) is 18.2 Å². The largest absolute Gasteiger partial charge is 0.484 e. The predicted molar refractivity (Wildman–Crippen MR) is 117 cm³/mol. The number of likely N-dealkylation sites (N-methyl/N-ethyl adjacent to an activating group) is 1. The number of halogens is 3. The van der Waals surface area contributed by atoms with Crippen molar-refractivity contribution in [1.29, 1.82) is 0 Å². The molecule has 33 heavy (non-hydrogen) atoms. The SMILES string of the molecule is CC1NN(C)C(C(=O)NC23CCC(NC(=O)COc4ccc(Cl)c(F)c4)(CC2)C(O)C3)C1F. The third-order valence-electron chi connectivity index (χ3n) is 7.23. The number of rotatable bonds is 6. The second kappa shape index (κ2) is 8.98. The van der Waals surface area contributed by atoms with Gasteiger partial charge in [0.1, 0.15) is 23.8 Å². The van der Waals surface area contributed by atoms with Gasteiger partial charge in [-0.25, -0.2) is 19.2 Å². The minimum Gasteiger partial charge on any atom is -0.484 e. The van der Waals surface area contributed by atoms with Crippen LogP contribution in [0.4, 0.5) is 8.78 Å². The average molecular weight is 487 g/mol. The van der Waals surface area contributed by atoms with E-state index in [1.807, 2.05) is 0 Å². The number of aliphatic hydroxyl groups excluding tert-OH is 1. The molecule has 1 saturated heterocycles. The number of nitrogens with one attached hydrogen (secondary N) is 3. The van der Waals surface area contributed by atoms with E-state index in [4.69, 9.17) is 16.3 Å². The molecule has 3 saturated carbocycles. The van der Waals surface area contributed by atoms with Crippen LogP contribution in [0.3, 0.4) is 0 Å². The van der Waals surface area contributed by atoms with Crippen LogP contribution >= 0.6 is 11.6 Å². The first-order valence-corrected chi connectivity index (χ1v) is 11.4. The maximum absolute atomic E-state index is 14.5. The fraction of sp³-hybridized carbons (Fsp3) is 0.636. The Morgan fingerprint density at radius 3 is 2.58 bits per heavy atom. The maximum atomic E-state index is 14.5. The number of benzene rings is 1. The molecule has 5 rings (SSSR count). The molecule has 0 radical (unpaired) electrons. The lowest BCUT2D eigenvalue weighted by atomic mass is 9.59. The van der Waals surface area contributed by atoms with Gasteiger partial charge in [0.2, 0.25) is 5.91 Å². The molecule has 8 nitrogen and oxygen atoms in total. The first-order valence-electron chi connectivity index (χ1n) is 11.1. The molecule has 4 unspecified atom stereocenters. The lowest BCUT2D eigenvalue weighted by Gasteiger charge is -2.56. The van der Waals surface area contributed by atoms with Gasteiger partial charge in [-0.15, -0.1) is 0 Å². The first kappa shape index (κ1) is 24.1. The molecule has 1 aromatic rings. The number of nitrogens with zero attached hydrogens (tertiary/aromatic N) is 1. The predicted octanol–water partition coefficient (Wildman–Crippen LogP) is 1.45. The number of hydrogen-bond acceptors (Lipinski definition) is 6. The van der Waals surface area contributed by atoms with Crippen LogP contribution in [0, 0.1) is 5.82 Å². The van der Waals surface area contributed by atoms with Crippen molar-refractivity contribution in [2.75, 3.05) is 13.7 Å². The number of hydrogen-bond donors (Lipinski definition) is 4. The Kier molecular flexibility index (Phi) is 6.56. The highest BCUT2D eigenvalue weighted by Crippen LogP contribution is 2.47. The normalized spacial score (nSPS) is 35.9. The Labute approximate surface area is 195 Å². The van der Waals surface area contributed by atoms with E-state index in [2.05, 4.69) is 16.1 Å². The smallest absolute Gasteiger partial charge is 0.258 e. The van der Waals surface area contributed by atoms with Gasteiger partial charge in [0.05, 0.1) is 22.7 Å². The van der Waals surface area contributed by atoms with Gasteiger partial charge in [-0.05, 0) is 51.2 Å². The van der Waals surface area contributed by atoms with E-state index in [0.29, 0.717) is 25.7 Å². The summed E-state index contributed by atoms with van der Waals surface area (Å²) in [4.78, 5) is 25.4. The molecule has 4 fully saturated rings. The van der Waals surface area contributed by atoms with Crippen molar-refractivity contribution >= 4 is 23.4 Å². The average Bonchev–Trinajstić information content (AvgIpc) is 3.01. The van der Waals surface area contributed by atoms with Crippen molar-refractivity contribution in [1.82, 2.24) is 21.1 Å². The topological polar surface area (TPSA) is 103 Å². The van der Waals surface area contributed by atoms with Gasteiger partial charge < -0.3 is 20.5 Å². The lowest BCUT2D eigenvalue weighted by Crippen LogP contribution is -2.71. The number of hydrazine groups is 1. The molecule has 0 aromatic heterocycles. The van der Waals surface area contributed by atoms with Gasteiger partial charge in [0, 0.05) is 18.7 Å². The molecule has 1 heterocycles. The molecule has 2 amide bonds. The molecular weight excluding hydrogens is 458 g/mol. The summed E-state index contributed by atoms with van der Waals surface area (Å²) in [7, 11) is 1.63. The summed E-state index contributed by atoms with van der Waals surface area (Å²) in [6.45, 7) is 1.34. The summed E-state index contributed by atoms with van der Waals surface area (Å²) in [5, 5.41) is 18.2. The molecule has 11 heteroatoms. The zero-order valence-electron chi connectivity index (χ0n) is 18.5. The number of alkyl halides is 1. The molecule has 4 atom stereocenters. The van der Waals surface area contributed by atoms with Crippen LogP contribution in [0.5, 0.6) is 5.75 Å². The van der Waals surface area contributed by atoms with Crippen LogP contribution in [-0.4, -0.2) is 71.0 Å². The van der Waals surface area contributed by atoms with E-state index < -0.39 is 53.1 Å². The Hall–Kier alpha value is -2.01. The van der Waals surface area contributed by atoms with Gasteiger partial charge in [0.15, 0.2) is 6.61 Å². The van der Waals surface area contributed by atoms with Crippen molar-refractivity contribution in [3.05, 3.63) is 29.0 Å². The number of carbonyl (C=O) groups is 2. The Bertz CT molecular complexity index is 928. The first-order chi connectivity index (χ1) is 15.5. The highest BCUT2D eigenvalue weighted by Gasteiger charge is 2.56. The fourth-order valence-electron chi connectivity index (χ4n) is 5.31. The molecule has 0 spiro atoms. The van der Waals surface area contributed by atoms with Crippen molar-refractivity contribution in [2.24, 2.45) is 0 Å². The molecule has 3 aliphatic carbocycles. The molecule has 182 valence electrons. The van der Waals surface area contributed by atoms with Crippen LogP contribution in [0.1, 0.15) is 39.0 Å². The van der Waals surface area contributed by atoms with Gasteiger partial charge in [-0.1, -0.05) is 11.6 Å². The minimum atomic E-state index is -1.34. The van der Waals surface area contributed by atoms with Gasteiger partial charge in [0.25, 0.3) is 5.91 Å². The van der Waals surface area contributed by atoms with Crippen LogP contribution in [-0.2, 0) is 9.59 Å². The third kappa shape index (κ3) is 4.66. The summed E-state index contributed by atoms with van der Waals surface area (Å²) in [6, 6.07) is 2.51. The van der Waals surface area contributed by atoms with E-state index in [1.54, 1.807) is 14.0 Å². The Morgan fingerprint density at radius 1 is 1.30 bits per heavy atom. The number of amides is 2. The second-order valence-corrected chi connectivity index (χ2v) is 9.88. The van der Waals surface area contributed by atoms with Crippen molar-refractivity contribution in [3.63, 3.8) is 0 Å². The van der Waals surface area contributed by atoms with E-state index in [-0.39, 0.29) is 23.8 Å². The van der Waals surface area contributed by atoms with Crippen molar-refractivity contribution in [3.8, 4) is 5.75 Å². The quantitative estimate of drug-likeness (QED) is 0.485. The molecule has 4 N–H and O–H groups in total.